The molecule has 0 aliphatic rings. The van der Waals surface area contributed by atoms with Crippen molar-refractivity contribution in [1.29, 1.82) is 0 Å². The Hall–Kier alpha value is -2.51. The molecule has 3 aromatic carbocycles. The number of aryl methyl sites for hydroxylation is 1. The van der Waals surface area contributed by atoms with E-state index in [9.17, 15) is 13.2 Å². The largest absolute Gasteiger partial charge is 0.288 e. The smallest absolute Gasteiger partial charge is 0.238 e. The van der Waals surface area contributed by atoms with Crippen LogP contribution in [-0.4, -0.2) is 8.42 Å². The SMILES string of the molecule is Cc1cc(-c2c(-c3ccc(S(N)(=O)=O)cc3)sc3ccccc3c2=O)ccc1Cl. The van der Waals surface area contributed by atoms with Crippen LogP contribution in [-0.2, 0) is 10.0 Å². The molecule has 0 amide bonds. The third kappa shape index (κ3) is 3.72. The zero-order valence-electron chi connectivity index (χ0n) is 15.3. The molecule has 2 N–H and O–H groups in total. The molecule has 4 aromatic rings. The lowest BCUT2D eigenvalue weighted by Gasteiger charge is -2.12. The van der Waals surface area contributed by atoms with Crippen molar-refractivity contribution in [3.05, 3.63) is 87.5 Å². The van der Waals surface area contributed by atoms with Gasteiger partial charge in [0.05, 0.1) is 4.90 Å². The minimum absolute atomic E-state index is 0.0262. The second-order valence-corrected chi connectivity index (χ2v) is 9.69. The molecule has 0 aliphatic carbocycles. The number of halogens is 1. The van der Waals surface area contributed by atoms with Crippen LogP contribution in [0.3, 0.4) is 0 Å². The lowest BCUT2D eigenvalue weighted by Crippen LogP contribution is -2.11. The summed E-state index contributed by atoms with van der Waals surface area (Å²) in [5.74, 6) is 0. The fourth-order valence-electron chi connectivity index (χ4n) is 3.20. The maximum absolute atomic E-state index is 13.4. The molecule has 0 atom stereocenters. The van der Waals surface area contributed by atoms with Gasteiger partial charge in [0.1, 0.15) is 0 Å². The molecule has 29 heavy (non-hydrogen) atoms. The first-order valence-corrected chi connectivity index (χ1v) is 11.5. The van der Waals surface area contributed by atoms with E-state index >= 15 is 0 Å². The third-order valence-corrected chi connectivity index (χ3v) is 7.26. The Kier molecular flexibility index (Phi) is 5.04. The summed E-state index contributed by atoms with van der Waals surface area (Å²) in [6, 6.07) is 19.2. The van der Waals surface area contributed by atoms with E-state index in [1.807, 2.05) is 43.3 Å². The Morgan fingerprint density at radius 3 is 2.24 bits per heavy atom. The Balaban J connectivity index is 2.04. The van der Waals surface area contributed by atoms with Gasteiger partial charge in [0.15, 0.2) is 5.43 Å². The highest BCUT2D eigenvalue weighted by Crippen LogP contribution is 2.37. The van der Waals surface area contributed by atoms with Gasteiger partial charge < -0.3 is 0 Å². The first-order chi connectivity index (χ1) is 13.8. The van der Waals surface area contributed by atoms with E-state index in [4.69, 9.17) is 16.7 Å². The highest BCUT2D eigenvalue weighted by atomic mass is 35.5. The van der Waals surface area contributed by atoms with E-state index in [1.165, 1.54) is 23.5 Å². The second-order valence-electron chi connectivity index (χ2n) is 6.66. The van der Waals surface area contributed by atoms with Crippen molar-refractivity contribution >= 4 is 43.0 Å². The molecule has 4 nitrogen and oxygen atoms in total. The summed E-state index contributed by atoms with van der Waals surface area (Å²) in [7, 11) is -3.79. The fraction of sp³-hybridized carbons (Fsp3) is 0.0455. The van der Waals surface area contributed by atoms with Crippen LogP contribution in [0.5, 0.6) is 0 Å². The molecule has 1 heterocycles. The maximum atomic E-state index is 13.4. The van der Waals surface area contributed by atoms with Gasteiger partial charge in [-0.15, -0.1) is 11.3 Å². The Bertz CT molecular complexity index is 1410. The predicted molar refractivity (Wildman–Crippen MR) is 120 cm³/mol. The molecule has 0 saturated heterocycles. The summed E-state index contributed by atoms with van der Waals surface area (Å²) in [4.78, 5) is 14.2. The molecule has 1 aromatic heterocycles. The average molecular weight is 442 g/mol. The van der Waals surface area contributed by atoms with E-state index in [1.54, 1.807) is 18.2 Å². The molecule has 0 saturated carbocycles. The summed E-state index contributed by atoms with van der Waals surface area (Å²) in [5.41, 5.74) is 2.87. The molecule has 0 aliphatic heterocycles. The van der Waals surface area contributed by atoms with Crippen LogP contribution in [0, 0.1) is 6.92 Å². The second kappa shape index (κ2) is 7.39. The van der Waals surface area contributed by atoms with Crippen molar-refractivity contribution < 1.29 is 8.42 Å². The molecule has 7 heteroatoms. The number of fused-ring (bicyclic) bond motifs is 1. The van der Waals surface area contributed by atoms with E-state index in [0.717, 1.165) is 26.3 Å². The lowest BCUT2D eigenvalue weighted by atomic mass is 9.99. The minimum Gasteiger partial charge on any atom is -0.288 e. The zero-order valence-corrected chi connectivity index (χ0v) is 17.7. The first-order valence-electron chi connectivity index (χ1n) is 8.71. The van der Waals surface area contributed by atoms with Crippen LogP contribution in [0.4, 0.5) is 0 Å². The number of primary sulfonamides is 1. The van der Waals surface area contributed by atoms with Gasteiger partial charge in [-0.1, -0.05) is 41.9 Å². The van der Waals surface area contributed by atoms with Crippen molar-refractivity contribution in [1.82, 2.24) is 0 Å². The molecular weight excluding hydrogens is 426 g/mol. The Labute approximate surface area is 177 Å². The number of hydrogen-bond donors (Lipinski definition) is 1. The monoisotopic (exact) mass is 441 g/mol. The van der Waals surface area contributed by atoms with Crippen molar-refractivity contribution in [2.75, 3.05) is 0 Å². The number of hydrogen-bond acceptors (Lipinski definition) is 4. The van der Waals surface area contributed by atoms with Crippen LogP contribution < -0.4 is 10.6 Å². The van der Waals surface area contributed by atoms with Gasteiger partial charge in [-0.2, -0.15) is 0 Å². The van der Waals surface area contributed by atoms with Crippen molar-refractivity contribution in [3.8, 4) is 21.6 Å². The Morgan fingerprint density at radius 1 is 0.931 bits per heavy atom. The van der Waals surface area contributed by atoms with Crippen molar-refractivity contribution in [2.24, 2.45) is 5.14 Å². The summed E-state index contributed by atoms with van der Waals surface area (Å²) < 4.78 is 24.0. The lowest BCUT2D eigenvalue weighted by molar-refractivity contribution is 0.598. The number of benzene rings is 3. The quantitative estimate of drug-likeness (QED) is 0.474. The van der Waals surface area contributed by atoms with E-state index in [0.29, 0.717) is 16.0 Å². The summed E-state index contributed by atoms with van der Waals surface area (Å²) >= 11 is 7.66. The molecule has 0 spiro atoms. The minimum atomic E-state index is -3.79. The first kappa shape index (κ1) is 19.8. The fourth-order valence-corrected chi connectivity index (χ4v) is 5.04. The Morgan fingerprint density at radius 2 is 1.59 bits per heavy atom. The van der Waals surface area contributed by atoms with Gasteiger partial charge >= 0.3 is 0 Å². The zero-order chi connectivity index (χ0) is 20.8. The number of sulfonamides is 1. The molecule has 0 radical (unpaired) electrons. The van der Waals surface area contributed by atoms with Crippen LogP contribution >= 0.6 is 22.9 Å². The van der Waals surface area contributed by atoms with Crippen LogP contribution in [0.15, 0.2) is 76.4 Å². The topological polar surface area (TPSA) is 77.2 Å². The molecular formula is C22H16ClNO3S2. The standard InChI is InChI=1S/C22H16ClNO3S2/c1-13-12-15(8-11-18(13)23)20-21(25)17-4-2-3-5-19(17)28-22(20)14-6-9-16(10-7-14)29(24,26)27/h2-12H,1H3,(H2,24,26,27). The average Bonchev–Trinajstić information content (AvgIpc) is 2.70. The molecule has 0 fully saturated rings. The summed E-state index contributed by atoms with van der Waals surface area (Å²) in [6.07, 6.45) is 0. The van der Waals surface area contributed by atoms with Crippen LogP contribution in [0.2, 0.25) is 5.02 Å². The van der Waals surface area contributed by atoms with Crippen LogP contribution in [0.25, 0.3) is 31.7 Å². The van der Waals surface area contributed by atoms with E-state index in [-0.39, 0.29) is 10.3 Å². The van der Waals surface area contributed by atoms with Gasteiger partial charge in [-0.05, 0) is 60.0 Å². The predicted octanol–water partition coefficient (Wildman–Crippen LogP) is 5.20. The van der Waals surface area contributed by atoms with Crippen LogP contribution in [0.1, 0.15) is 5.56 Å². The number of rotatable bonds is 3. The van der Waals surface area contributed by atoms with Gasteiger partial charge in [-0.3, -0.25) is 4.79 Å². The highest BCUT2D eigenvalue weighted by Gasteiger charge is 2.17. The maximum Gasteiger partial charge on any atom is 0.238 e. The highest BCUT2D eigenvalue weighted by molar-refractivity contribution is 7.89. The van der Waals surface area contributed by atoms with Gasteiger partial charge in [-0.25, -0.2) is 13.6 Å². The van der Waals surface area contributed by atoms with Gasteiger partial charge in [0.25, 0.3) is 0 Å². The summed E-state index contributed by atoms with van der Waals surface area (Å²) in [5, 5.41) is 6.48. The summed E-state index contributed by atoms with van der Waals surface area (Å²) in [6.45, 7) is 1.89. The number of nitrogens with two attached hydrogens (primary N) is 1. The van der Waals surface area contributed by atoms with Crippen molar-refractivity contribution in [3.63, 3.8) is 0 Å². The normalized spacial score (nSPS) is 11.7. The van der Waals surface area contributed by atoms with Crippen molar-refractivity contribution in [2.45, 2.75) is 11.8 Å². The van der Waals surface area contributed by atoms with Gasteiger partial charge in [0.2, 0.25) is 10.0 Å². The molecule has 0 bridgehead atoms. The van der Waals surface area contributed by atoms with Gasteiger partial charge in [0, 0.05) is 25.5 Å². The molecule has 146 valence electrons. The third-order valence-electron chi connectivity index (χ3n) is 4.69. The van der Waals surface area contributed by atoms with E-state index in [2.05, 4.69) is 0 Å². The van der Waals surface area contributed by atoms with E-state index < -0.39 is 10.0 Å². The molecule has 4 rings (SSSR count). The molecule has 0 unspecified atom stereocenters.